The molecule has 2 bridgehead atoms. The zero-order chi connectivity index (χ0) is 16.2. The molecule has 7 atom stereocenters. The van der Waals surface area contributed by atoms with Crippen LogP contribution in [0.4, 0.5) is 0 Å². The lowest BCUT2D eigenvalue weighted by Crippen LogP contribution is -2.51. The number of hydrogen-bond acceptors (Lipinski definition) is 1. The third-order valence-corrected chi connectivity index (χ3v) is 7.28. The van der Waals surface area contributed by atoms with Crippen LogP contribution in [-0.2, 0) is 0 Å². The molecule has 0 amide bonds. The Morgan fingerprint density at radius 2 is 1.91 bits per heavy atom. The molecule has 0 saturated heterocycles. The van der Waals surface area contributed by atoms with Crippen LogP contribution in [0.15, 0.2) is 12.2 Å². The van der Waals surface area contributed by atoms with Crippen LogP contribution in [0.3, 0.4) is 0 Å². The lowest BCUT2D eigenvalue weighted by molar-refractivity contribution is 0.161. The summed E-state index contributed by atoms with van der Waals surface area (Å²) in [6.45, 7) is 7.18. The van der Waals surface area contributed by atoms with Crippen molar-refractivity contribution in [1.82, 2.24) is 10.6 Å². The van der Waals surface area contributed by atoms with Crippen molar-refractivity contribution in [3.05, 3.63) is 12.2 Å². The van der Waals surface area contributed by atoms with Gasteiger partial charge in [0.1, 0.15) is 0 Å². The van der Waals surface area contributed by atoms with Crippen LogP contribution in [0.5, 0.6) is 0 Å². The van der Waals surface area contributed by atoms with Gasteiger partial charge in [-0.15, -0.1) is 0 Å². The van der Waals surface area contributed by atoms with Crippen LogP contribution in [-0.4, -0.2) is 17.2 Å². The summed E-state index contributed by atoms with van der Waals surface area (Å²) < 4.78 is 0. The maximum Gasteiger partial charge on any atom is 0.166 e. The predicted molar refractivity (Wildman–Crippen MR) is 100 cm³/mol. The van der Waals surface area contributed by atoms with Gasteiger partial charge in [0.05, 0.1) is 0 Å². The third-order valence-electron chi connectivity index (χ3n) is 7.05. The highest BCUT2D eigenvalue weighted by molar-refractivity contribution is 7.80. The van der Waals surface area contributed by atoms with Gasteiger partial charge in [-0.3, -0.25) is 0 Å². The highest BCUT2D eigenvalue weighted by Crippen LogP contribution is 2.56. The summed E-state index contributed by atoms with van der Waals surface area (Å²) >= 11 is 5.68. The number of rotatable bonds is 2. The van der Waals surface area contributed by atoms with E-state index in [1.165, 1.54) is 38.5 Å². The van der Waals surface area contributed by atoms with Gasteiger partial charge in [0.15, 0.2) is 5.11 Å². The smallest absolute Gasteiger partial charge is 0.166 e. The molecular weight excluding hydrogens is 300 g/mol. The molecule has 2 N–H and O–H groups in total. The Morgan fingerprint density at radius 3 is 2.70 bits per heavy atom. The maximum absolute atomic E-state index is 5.68. The second kappa shape index (κ2) is 5.75. The molecule has 3 fully saturated rings. The minimum atomic E-state index is 0.444. The largest absolute Gasteiger partial charge is 0.360 e. The highest BCUT2D eigenvalue weighted by Gasteiger charge is 2.52. The monoisotopic (exact) mass is 332 g/mol. The topological polar surface area (TPSA) is 24.1 Å². The Labute approximate surface area is 146 Å². The number of fused-ring (bicyclic) bond motifs is 5. The Balaban J connectivity index is 1.32. The fraction of sp³-hybridized carbons (Fsp3) is 0.850. The first-order valence-corrected chi connectivity index (χ1v) is 10.1. The summed E-state index contributed by atoms with van der Waals surface area (Å²) in [5.41, 5.74) is 0.444. The van der Waals surface area contributed by atoms with Crippen LogP contribution in [0.25, 0.3) is 0 Å². The molecule has 0 aromatic carbocycles. The molecule has 4 aliphatic rings. The fourth-order valence-electron chi connectivity index (χ4n) is 6.56. The summed E-state index contributed by atoms with van der Waals surface area (Å²) in [6.07, 6.45) is 12.8. The van der Waals surface area contributed by atoms with Crippen molar-refractivity contribution in [1.29, 1.82) is 0 Å². The molecule has 3 saturated carbocycles. The normalized spacial score (nSPS) is 46.7. The van der Waals surface area contributed by atoms with E-state index >= 15 is 0 Å². The number of thiocarbonyl (C=S) groups is 1. The molecule has 128 valence electrons. The van der Waals surface area contributed by atoms with Crippen LogP contribution in [0.2, 0.25) is 0 Å². The van der Waals surface area contributed by atoms with Crippen molar-refractivity contribution < 1.29 is 0 Å². The summed E-state index contributed by atoms with van der Waals surface area (Å²) in [5.74, 6) is 4.35. The van der Waals surface area contributed by atoms with Crippen molar-refractivity contribution in [2.75, 3.05) is 0 Å². The van der Waals surface area contributed by atoms with E-state index in [1.54, 1.807) is 0 Å². The van der Waals surface area contributed by atoms with Crippen molar-refractivity contribution in [3.8, 4) is 0 Å². The summed E-state index contributed by atoms with van der Waals surface area (Å²) in [6, 6.07) is 1.16. The van der Waals surface area contributed by atoms with Gasteiger partial charge in [-0.1, -0.05) is 32.9 Å². The van der Waals surface area contributed by atoms with Crippen molar-refractivity contribution in [2.24, 2.45) is 35.0 Å². The molecule has 0 aromatic rings. The van der Waals surface area contributed by atoms with Crippen molar-refractivity contribution >= 4 is 17.3 Å². The standard InChI is InChI=1S/C20H32N2S/c1-12-7-14(11-20(2,3)10-12)21-19(23)22-18-9-13-8-17(18)16-6-4-5-15(13)16/h4,6,12-18H,5,7-11H2,1-3H3,(H2,21,22,23). The molecule has 0 radical (unpaired) electrons. The Bertz CT molecular complexity index is 512. The molecule has 4 rings (SSSR count). The third kappa shape index (κ3) is 3.06. The molecule has 0 aromatic heterocycles. The molecule has 0 aliphatic heterocycles. The lowest BCUT2D eigenvalue weighted by atomic mass is 9.71. The Hall–Kier alpha value is -0.570. The van der Waals surface area contributed by atoms with E-state index in [-0.39, 0.29) is 0 Å². The number of hydrogen-bond donors (Lipinski definition) is 2. The molecule has 3 heteroatoms. The van der Waals surface area contributed by atoms with Gasteiger partial charge in [-0.05, 0) is 85.7 Å². The van der Waals surface area contributed by atoms with Crippen LogP contribution in [0, 0.1) is 35.0 Å². The number of allylic oxidation sites excluding steroid dienone is 2. The minimum absolute atomic E-state index is 0.444. The van der Waals surface area contributed by atoms with E-state index < -0.39 is 0 Å². The molecule has 2 nitrogen and oxygen atoms in total. The van der Waals surface area contributed by atoms with E-state index in [2.05, 4.69) is 43.6 Å². The summed E-state index contributed by atoms with van der Waals surface area (Å²) in [5, 5.41) is 8.27. The second-order valence-electron chi connectivity index (χ2n) is 9.63. The number of nitrogens with one attached hydrogen (secondary N) is 2. The fourth-order valence-corrected chi connectivity index (χ4v) is 6.88. The summed E-state index contributed by atoms with van der Waals surface area (Å²) in [7, 11) is 0. The Kier molecular flexibility index (Phi) is 3.98. The Morgan fingerprint density at radius 1 is 1.09 bits per heavy atom. The van der Waals surface area contributed by atoms with Crippen LogP contribution >= 0.6 is 12.2 Å². The van der Waals surface area contributed by atoms with Gasteiger partial charge < -0.3 is 10.6 Å². The van der Waals surface area contributed by atoms with E-state index in [9.17, 15) is 0 Å². The average Bonchev–Trinajstić information content (AvgIpc) is 3.06. The zero-order valence-electron chi connectivity index (χ0n) is 14.8. The first-order valence-electron chi connectivity index (χ1n) is 9.65. The molecular formula is C20H32N2S. The van der Waals surface area contributed by atoms with Gasteiger partial charge in [0.2, 0.25) is 0 Å². The summed E-state index contributed by atoms with van der Waals surface area (Å²) in [4.78, 5) is 0. The van der Waals surface area contributed by atoms with Gasteiger partial charge in [-0.2, -0.15) is 0 Å². The first kappa shape index (κ1) is 15.9. The maximum atomic E-state index is 5.68. The van der Waals surface area contributed by atoms with Gasteiger partial charge in [0, 0.05) is 12.1 Å². The van der Waals surface area contributed by atoms with Gasteiger partial charge >= 0.3 is 0 Å². The van der Waals surface area contributed by atoms with Crippen LogP contribution < -0.4 is 10.6 Å². The van der Waals surface area contributed by atoms with Gasteiger partial charge in [0.25, 0.3) is 0 Å². The second-order valence-corrected chi connectivity index (χ2v) is 10.0. The quantitative estimate of drug-likeness (QED) is 0.583. The molecule has 0 spiro atoms. The van der Waals surface area contributed by atoms with Crippen molar-refractivity contribution in [3.63, 3.8) is 0 Å². The highest BCUT2D eigenvalue weighted by atomic mass is 32.1. The zero-order valence-corrected chi connectivity index (χ0v) is 15.7. The predicted octanol–water partition coefficient (Wildman–Crippen LogP) is 4.27. The molecule has 4 aliphatic carbocycles. The van der Waals surface area contributed by atoms with Crippen LogP contribution in [0.1, 0.15) is 59.3 Å². The SMILES string of the molecule is CC1CC(NC(=S)NC2CC3CC2C2C=CCC32)CC(C)(C)C1. The van der Waals surface area contributed by atoms with E-state index in [0.717, 1.165) is 34.7 Å². The minimum Gasteiger partial charge on any atom is -0.360 e. The average molecular weight is 333 g/mol. The first-order chi connectivity index (χ1) is 10.9. The molecule has 7 unspecified atom stereocenters. The van der Waals surface area contributed by atoms with Gasteiger partial charge in [-0.25, -0.2) is 0 Å². The molecule has 23 heavy (non-hydrogen) atoms. The van der Waals surface area contributed by atoms with E-state index in [1.807, 2.05) is 0 Å². The van der Waals surface area contributed by atoms with Crippen molar-refractivity contribution in [2.45, 2.75) is 71.4 Å². The van der Waals surface area contributed by atoms with E-state index in [0.29, 0.717) is 17.5 Å². The van der Waals surface area contributed by atoms with E-state index in [4.69, 9.17) is 12.2 Å². The lowest BCUT2D eigenvalue weighted by Gasteiger charge is -2.40. The molecule has 0 heterocycles.